The highest BCUT2D eigenvalue weighted by Crippen LogP contribution is 2.39. The van der Waals surface area contributed by atoms with Gasteiger partial charge in [0.25, 0.3) is 0 Å². The Labute approximate surface area is 204 Å². The van der Waals surface area contributed by atoms with Gasteiger partial charge in [-0.15, -0.1) is 12.3 Å². The fourth-order valence-electron chi connectivity index (χ4n) is 2.98. The number of halogens is 1. The number of hydrogen-bond donors (Lipinski definition) is 0. The Balaban J connectivity index is 1.82. The highest BCUT2D eigenvalue weighted by Gasteiger charge is 2.20. The lowest BCUT2D eigenvalue weighted by molar-refractivity contribution is 0.0513. The standard InChI is InChI=1S/C27H25ClO6/c1-4-5-16-32-27(29)23-14-15-24(33-17-19-6-10-21(30-2)11-7-19)26(25(23)28)34-18-20-8-12-22(31-3)13-9-20/h1,6-15H,5,16-18H2,2-3H3. The molecule has 34 heavy (non-hydrogen) atoms. The average Bonchev–Trinajstić information content (AvgIpc) is 2.87. The average molecular weight is 481 g/mol. The van der Waals surface area contributed by atoms with E-state index in [-0.39, 0.29) is 36.2 Å². The van der Waals surface area contributed by atoms with Crippen molar-refractivity contribution in [1.29, 1.82) is 0 Å². The van der Waals surface area contributed by atoms with Crippen molar-refractivity contribution >= 4 is 17.6 Å². The second-order valence-electron chi connectivity index (χ2n) is 7.12. The Morgan fingerprint density at radius 2 is 1.41 bits per heavy atom. The van der Waals surface area contributed by atoms with Crippen molar-refractivity contribution in [3.05, 3.63) is 82.4 Å². The zero-order chi connectivity index (χ0) is 24.3. The molecule has 0 heterocycles. The van der Waals surface area contributed by atoms with Crippen LogP contribution in [0.3, 0.4) is 0 Å². The number of methoxy groups -OCH3 is 2. The van der Waals surface area contributed by atoms with Crippen LogP contribution in [-0.2, 0) is 18.0 Å². The van der Waals surface area contributed by atoms with Gasteiger partial charge in [-0.25, -0.2) is 4.79 Å². The molecule has 0 unspecified atom stereocenters. The maximum absolute atomic E-state index is 12.5. The van der Waals surface area contributed by atoms with Crippen LogP contribution in [0.4, 0.5) is 0 Å². The minimum absolute atomic E-state index is 0.101. The van der Waals surface area contributed by atoms with E-state index in [1.165, 1.54) is 0 Å². The van der Waals surface area contributed by atoms with E-state index in [0.717, 1.165) is 22.6 Å². The Bertz CT molecular complexity index is 1130. The van der Waals surface area contributed by atoms with Crippen LogP contribution in [-0.4, -0.2) is 26.8 Å². The van der Waals surface area contributed by atoms with Crippen LogP contribution in [0.1, 0.15) is 27.9 Å². The summed E-state index contributed by atoms with van der Waals surface area (Å²) in [6.45, 7) is 0.576. The predicted octanol–water partition coefficient (Wildman–Crippen LogP) is 5.70. The van der Waals surface area contributed by atoms with E-state index in [2.05, 4.69) is 5.92 Å². The summed E-state index contributed by atoms with van der Waals surface area (Å²) in [4.78, 5) is 12.5. The zero-order valence-electron chi connectivity index (χ0n) is 19.0. The van der Waals surface area contributed by atoms with E-state index in [9.17, 15) is 4.79 Å². The predicted molar refractivity (Wildman–Crippen MR) is 130 cm³/mol. The van der Waals surface area contributed by atoms with E-state index in [1.54, 1.807) is 26.4 Å². The molecule has 0 amide bonds. The molecule has 7 heteroatoms. The van der Waals surface area contributed by atoms with Crippen LogP contribution < -0.4 is 18.9 Å². The van der Waals surface area contributed by atoms with Gasteiger partial charge in [-0.05, 0) is 47.5 Å². The van der Waals surface area contributed by atoms with E-state index >= 15 is 0 Å². The van der Waals surface area contributed by atoms with Crippen molar-refractivity contribution in [2.24, 2.45) is 0 Å². The first-order chi connectivity index (χ1) is 16.5. The fraction of sp³-hybridized carbons (Fsp3) is 0.222. The van der Waals surface area contributed by atoms with Gasteiger partial charge in [0.2, 0.25) is 0 Å². The van der Waals surface area contributed by atoms with Gasteiger partial charge in [0.15, 0.2) is 11.5 Å². The van der Waals surface area contributed by atoms with Gasteiger partial charge in [-0.3, -0.25) is 0 Å². The van der Waals surface area contributed by atoms with Crippen LogP contribution in [0.25, 0.3) is 0 Å². The second-order valence-corrected chi connectivity index (χ2v) is 7.50. The molecule has 3 rings (SSSR count). The van der Waals surface area contributed by atoms with Gasteiger partial charge >= 0.3 is 5.97 Å². The minimum atomic E-state index is -0.587. The van der Waals surface area contributed by atoms with Crippen molar-refractivity contribution in [2.45, 2.75) is 19.6 Å². The number of carbonyl (C=O) groups excluding carboxylic acids is 1. The summed E-state index contributed by atoms with van der Waals surface area (Å²) in [7, 11) is 3.21. The van der Waals surface area contributed by atoms with Crippen molar-refractivity contribution < 1.29 is 28.5 Å². The van der Waals surface area contributed by atoms with Crippen LogP contribution in [0.15, 0.2) is 60.7 Å². The first-order valence-corrected chi connectivity index (χ1v) is 10.9. The lowest BCUT2D eigenvalue weighted by Crippen LogP contribution is -2.09. The molecule has 0 atom stereocenters. The molecule has 176 valence electrons. The van der Waals surface area contributed by atoms with E-state index in [4.69, 9.17) is 41.7 Å². The van der Waals surface area contributed by atoms with Gasteiger partial charge in [-0.1, -0.05) is 35.9 Å². The van der Waals surface area contributed by atoms with Crippen LogP contribution in [0.2, 0.25) is 5.02 Å². The Hall–Kier alpha value is -3.82. The number of hydrogen-bond acceptors (Lipinski definition) is 6. The SMILES string of the molecule is C#CCCOC(=O)c1ccc(OCc2ccc(OC)cc2)c(OCc2ccc(OC)cc2)c1Cl. The molecule has 0 aliphatic carbocycles. The molecular weight excluding hydrogens is 456 g/mol. The van der Waals surface area contributed by atoms with Crippen molar-refractivity contribution in [3.63, 3.8) is 0 Å². The van der Waals surface area contributed by atoms with Crippen LogP contribution in [0, 0.1) is 12.3 Å². The Kier molecular flexibility index (Phi) is 9.07. The molecular formula is C27H25ClO6. The largest absolute Gasteiger partial charge is 0.497 e. The molecule has 0 radical (unpaired) electrons. The number of carbonyl (C=O) groups is 1. The molecule has 0 fully saturated rings. The van der Waals surface area contributed by atoms with Gasteiger partial charge in [-0.2, -0.15) is 0 Å². The summed E-state index contributed by atoms with van der Waals surface area (Å²) in [5.74, 6) is 3.97. The van der Waals surface area contributed by atoms with E-state index in [0.29, 0.717) is 12.2 Å². The zero-order valence-corrected chi connectivity index (χ0v) is 19.8. The molecule has 0 aromatic heterocycles. The number of ether oxygens (including phenoxy) is 5. The molecule has 0 saturated carbocycles. The highest BCUT2D eigenvalue weighted by atomic mass is 35.5. The van der Waals surface area contributed by atoms with Gasteiger partial charge in [0.05, 0.1) is 19.8 Å². The van der Waals surface area contributed by atoms with Gasteiger partial charge in [0, 0.05) is 6.42 Å². The maximum atomic E-state index is 12.5. The quantitative estimate of drug-likeness (QED) is 0.199. The van der Waals surface area contributed by atoms with E-state index < -0.39 is 5.97 Å². The third-order valence-corrected chi connectivity index (χ3v) is 5.23. The second kappa shape index (κ2) is 12.4. The summed E-state index contributed by atoms with van der Waals surface area (Å²) in [5, 5.41) is 0.103. The number of terminal acetylenes is 1. The van der Waals surface area contributed by atoms with Gasteiger partial charge in [0.1, 0.15) is 36.3 Å². The summed E-state index contributed by atoms with van der Waals surface area (Å²) in [5.41, 5.74) is 1.98. The Morgan fingerprint density at radius 1 is 0.853 bits per heavy atom. The number of benzene rings is 3. The summed E-state index contributed by atoms with van der Waals surface area (Å²) >= 11 is 6.57. The maximum Gasteiger partial charge on any atom is 0.339 e. The molecule has 3 aromatic carbocycles. The first-order valence-electron chi connectivity index (χ1n) is 10.5. The molecule has 0 bridgehead atoms. The van der Waals surface area contributed by atoms with E-state index in [1.807, 2.05) is 48.5 Å². The third kappa shape index (κ3) is 6.60. The van der Waals surface area contributed by atoms with Crippen molar-refractivity contribution in [3.8, 4) is 35.3 Å². The highest BCUT2D eigenvalue weighted by molar-refractivity contribution is 6.35. The van der Waals surface area contributed by atoms with Crippen molar-refractivity contribution in [1.82, 2.24) is 0 Å². The third-order valence-electron chi connectivity index (χ3n) is 4.86. The van der Waals surface area contributed by atoms with Crippen LogP contribution >= 0.6 is 11.6 Å². The number of esters is 1. The smallest absolute Gasteiger partial charge is 0.339 e. The summed E-state index contributed by atoms with van der Waals surface area (Å²) in [6, 6.07) is 18.1. The lowest BCUT2D eigenvalue weighted by atomic mass is 10.2. The molecule has 0 spiro atoms. The number of rotatable bonds is 11. The minimum Gasteiger partial charge on any atom is -0.497 e. The molecule has 0 saturated heterocycles. The van der Waals surface area contributed by atoms with Gasteiger partial charge < -0.3 is 23.7 Å². The summed E-state index contributed by atoms with van der Waals surface area (Å²) in [6.07, 6.45) is 5.53. The molecule has 6 nitrogen and oxygen atoms in total. The molecule has 0 N–H and O–H groups in total. The molecule has 0 aliphatic heterocycles. The van der Waals surface area contributed by atoms with Crippen LogP contribution in [0.5, 0.6) is 23.0 Å². The normalized spacial score (nSPS) is 10.2. The molecule has 3 aromatic rings. The first kappa shape index (κ1) is 24.8. The lowest BCUT2D eigenvalue weighted by Gasteiger charge is -2.16. The fourth-order valence-corrected chi connectivity index (χ4v) is 3.27. The topological polar surface area (TPSA) is 63.2 Å². The summed E-state index contributed by atoms with van der Waals surface area (Å²) < 4.78 is 27.6. The monoisotopic (exact) mass is 480 g/mol. The van der Waals surface area contributed by atoms with Crippen molar-refractivity contribution in [2.75, 3.05) is 20.8 Å². The Morgan fingerprint density at radius 3 is 1.94 bits per heavy atom. The molecule has 0 aliphatic rings.